The second-order valence-corrected chi connectivity index (χ2v) is 6.15. The van der Waals surface area contributed by atoms with E-state index in [2.05, 4.69) is 57.7 Å². The van der Waals surface area contributed by atoms with Gasteiger partial charge in [-0.1, -0.05) is 48.8 Å². The average Bonchev–Trinajstić information content (AvgIpc) is 3.05. The van der Waals surface area contributed by atoms with Crippen molar-refractivity contribution in [2.75, 3.05) is 25.0 Å². The Labute approximate surface area is 138 Å². The van der Waals surface area contributed by atoms with Gasteiger partial charge in [-0.3, -0.25) is 4.90 Å². The Hall–Kier alpha value is -1.88. The molecule has 0 bridgehead atoms. The molecule has 1 aromatic heterocycles. The molecule has 3 rings (SSSR count). The molecule has 5 heteroatoms. The van der Waals surface area contributed by atoms with Crippen LogP contribution in [0.5, 0.6) is 0 Å². The molecule has 1 fully saturated rings. The van der Waals surface area contributed by atoms with E-state index in [4.69, 9.17) is 4.42 Å². The van der Waals surface area contributed by atoms with Crippen LogP contribution in [0, 0.1) is 0 Å². The molecule has 124 valence electrons. The lowest BCUT2D eigenvalue weighted by Gasteiger charge is -2.34. The Balaban J connectivity index is 1.67. The van der Waals surface area contributed by atoms with Crippen LogP contribution in [0.1, 0.15) is 50.1 Å². The van der Waals surface area contributed by atoms with E-state index in [1.54, 1.807) is 0 Å². The summed E-state index contributed by atoms with van der Waals surface area (Å²) < 4.78 is 5.65. The van der Waals surface area contributed by atoms with Crippen LogP contribution >= 0.6 is 0 Å². The number of nitrogens with one attached hydrogen (secondary N) is 1. The largest absolute Gasteiger partial charge is 0.408 e. The highest BCUT2D eigenvalue weighted by atomic mass is 16.4. The molecule has 5 nitrogen and oxygen atoms in total. The first kappa shape index (κ1) is 16.0. The molecule has 2 aromatic rings. The lowest BCUT2D eigenvalue weighted by molar-refractivity contribution is 0.170. The van der Waals surface area contributed by atoms with Gasteiger partial charge in [-0.25, -0.2) is 0 Å². The van der Waals surface area contributed by atoms with Gasteiger partial charge < -0.3 is 9.73 Å². The minimum absolute atomic E-state index is 0.345. The SMILES string of the molecule is CCCc1nnc(NC[C@H](c2ccccc2)N2CCCCC2)o1. The molecule has 1 N–H and O–H groups in total. The quantitative estimate of drug-likeness (QED) is 0.845. The summed E-state index contributed by atoms with van der Waals surface area (Å²) in [7, 11) is 0. The number of hydrogen-bond acceptors (Lipinski definition) is 5. The molecule has 1 atom stereocenters. The number of benzene rings is 1. The number of likely N-dealkylation sites (tertiary alicyclic amines) is 1. The first-order chi connectivity index (χ1) is 11.4. The zero-order chi connectivity index (χ0) is 15.9. The maximum atomic E-state index is 5.65. The van der Waals surface area contributed by atoms with Crippen molar-refractivity contribution >= 4 is 6.01 Å². The molecule has 2 heterocycles. The number of aryl methyl sites for hydroxylation is 1. The summed E-state index contributed by atoms with van der Waals surface area (Å²) in [5, 5.41) is 11.5. The Morgan fingerprint density at radius 3 is 2.65 bits per heavy atom. The van der Waals surface area contributed by atoms with Crippen LogP contribution in [0.4, 0.5) is 6.01 Å². The summed E-state index contributed by atoms with van der Waals surface area (Å²) in [5.41, 5.74) is 1.34. The van der Waals surface area contributed by atoms with Crippen molar-refractivity contribution < 1.29 is 4.42 Å². The van der Waals surface area contributed by atoms with E-state index in [0.29, 0.717) is 17.9 Å². The van der Waals surface area contributed by atoms with E-state index in [-0.39, 0.29) is 0 Å². The highest BCUT2D eigenvalue weighted by Crippen LogP contribution is 2.25. The summed E-state index contributed by atoms with van der Waals surface area (Å²) in [5.74, 6) is 0.712. The Morgan fingerprint density at radius 1 is 1.13 bits per heavy atom. The normalized spacial score (nSPS) is 17.1. The third-order valence-corrected chi connectivity index (χ3v) is 4.39. The molecular weight excluding hydrogens is 288 g/mol. The Kier molecular flexibility index (Phi) is 5.64. The molecule has 23 heavy (non-hydrogen) atoms. The molecule has 0 radical (unpaired) electrons. The van der Waals surface area contributed by atoms with Gasteiger partial charge >= 0.3 is 6.01 Å². The van der Waals surface area contributed by atoms with Crippen LogP contribution in [-0.4, -0.2) is 34.7 Å². The maximum Gasteiger partial charge on any atom is 0.315 e. The Morgan fingerprint density at radius 2 is 1.91 bits per heavy atom. The minimum atomic E-state index is 0.345. The molecule has 1 aromatic carbocycles. The van der Waals surface area contributed by atoms with Gasteiger partial charge in [-0.2, -0.15) is 0 Å². The van der Waals surface area contributed by atoms with Gasteiger partial charge in [0.2, 0.25) is 5.89 Å². The predicted molar refractivity (Wildman–Crippen MR) is 91.4 cm³/mol. The number of piperidine rings is 1. The number of nitrogens with zero attached hydrogens (tertiary/aromatic N) is 3. The van der Waals surface area contributed by atoms with Crippen molar-refractivity contribution in [1.82, 2.24) is 15.1 Å². The van der Waals surface area contributed by atoms with Gasteiger partial charge in [0.1, 0.15) is 0 Å². The van der Waals surface area contributed by atoms with E-state index in [1.807, 2.05) is 0 Å². The Bertz CT molecular complexity index is 578. The molecular formula is C18H26N4O. The zero-order valence-electron chi connectivity index (χ0n) is 13.9. The third kappa shape index (κ3) is 4.32. The van der Waals surface area contributed by atoms with Crippen LogP contribution in [-0.2, 0) is 6.42 Å². The van der Waals surface area contributed by atoms with Crippen LogP contribution in [0.15, 0.2) is 34.7 Å². The molecule has 0 amide bonds. The second-order valence-electron chi connectivity index (χ2n) is 6.15. The fourth-order valence-corrected chi connectivity index (χ4v) is 3.19. The monoisotopic (exact) mass is 314 g/mol. The van der Waals surface area contributed by atoms with Gasteiger partial charge in [0.05, 0.1) is 6.04 Å². The third-order valence-electron chi connectivity index (χ3n) is 4.39. The van der Waals surface area contributed by atoms with Crippen molar-refractivity contribution in [3.05, 3.63) is 41.8 Å². The molecule has 1 aliphatic heterocycles. The first-order valence-electron chi connectivity index (χ1n) is 8.72. The van der Waals surface area contributed by atoms with Gasteiger partial charge in [0.25, 0.3) is 0 Å². The lowest BCUT2D eigenvalue weighted by atomic mass is 10.0. The van der Waals surface area contributed by atoms with Gasteiger partial charge in [-0.05, 0) is 37.9 Å². The van der Waals surface area contributed by atoms with Crippen molar-refractivity contribution in [2.45, 2.75) is 45.1 Å². The zero-order valence-corrected chi connectivity index (χ0v) is 13.9. The standard InChI is InChI=1S/C18H26N4O/c1-2-9-17-20-21-18(23-17)19-14-16(15-10-5-3-6-11-15)22-12-7-4-8-13-22/h3,5-6,10-11,16H,2,4,7-9,12-14H2,1H3,(H,19,21)/t16-/m1/s1. The topological polar surface area (TPSA) is 54.2 Å². The van der Waals surface area contributed by atoms with Gasteiger partial charge in [0.15, 0.2) is 0 Å². The summed E-state index contributed by atoms with van der Waals surface area (Å²) in [4.78, 5) is 2.56. The van der Waals surface area contributed by atoms with Crippen LogP contribution in [0.2, 0.25) is 0 Å². The summed E-state index contributed by atoms with van der Waals surface area (Å²) in [6.45, 7) is 5.22. The van der Waals surface area contributed by atoms with E-state index in [1.165, 1.54) is 24.8 Å². The summed E-state index contributed by atoms with van der Waals surface area (Å²) in [6.07, 6.45) is 5.76. The van der Waals surface area contributed by atoms with Crippen molar-refractivity contribution in [3.8, 4) is 0 Å². The molecule has 0 unspecified atom stereocenters. The summed E-state index contributed by atoms with van der Waals surface area (Å²) >= 11 is 0. The smallest absolute Gasteiger partial charge is 0.315 e. The van der Waals surface area contributed by atoms with Gasteiger partial charge in [0, 0.05) is 13.0 Å². The van der Waals surface area contributed by atoms with Crippen molar-refractivity contribution in [3.63, 3.8) is 0 Å². The molecule has 0 saturated carbocycles. The summed E-state index contributed by atoms with van der Waals surface area (Å²) in [6, 6.07) is 11.6. The fraction of sp³-hybridized carbons (Fsp3) is 0.556. The molecule has 0 aliphatic carbocycles. The minimum Gasteiger partial charge on any atom is -0.408 e. The highest BCUT2D eigenvalue weighted by Gasteiger charge is 2.22. The number of aromatic nitrogens is 2. The maximum absolute atomic E-state index is 5.65. The predicted octanol–water partition coefficient (Wildman–Crippen LogP) is 3.66. The number of anilines is 1. The lowest BCUT2D eigenvalue weighted by Crippen LogP contribution is -2.37. The van der Waals surface area contributed by atoms with Gasteiger partial charge in [-0.15, -0.1) is 5.10 Å². The fourth-order valence-electron chi connectivity index (χ4n) is 3.19. The van der Waals surface area contributed by atoms with E-state index in [9.17, 15) is 0 Å². The van der Waals surface area contributed by atoms with E-state index >= 15 is 0 Å². The van der Waals surface area contributed by atoms with Crippen molar-refractivity contribution in [1.29, 1.82) is 0 Å². The van der Waals surface area contributed by atoms with Crippen LogP contribution < -0.4 is 5.32 Å². The highest BCUT2D eigenvalue weighted by molar-refractivity contribution is 5.24. The first-order valence-corrected chi connectivity index (χ1v) is 8.72. The van der Waals surface area contributed by atoms with Crippen LogP contribution in [0.25, 0.3) is 0 Å². The number of rotatable bonds is 7. The molecule has 1 saturated heterocycles. The second kappa shape index (κ2) is 8.11. The van der Waals surface area contributed by atoms with Crippen LogP contribution in [0.3, 0.4) is 0 Å². The molecule has 0 spiro atoms. The average molecular weight is 314 g/mol. The van der Waals surface area contributed by atoms with E-state index < -0.39 is 0 Å². The van der Waals surface area contributed by atoms with E-state index in [0.717, 1.165) is 32.5 Å². The molecule has 1 aliphatic rings. The van der Waals surface area contributed by atoms with Crippen molar-refractivity contribution in [2.24, 2.45) is 0 Å². The number of hydrogen-bond donors (Lipinski definition) is 1.